The maximum absolute atomic E-state index is 11.6. The summed E-state index contributed by atoms with van der Waals surface area (Å²) < 4.78 is 4.99. The Kier molecular flexibility index (Phi) is 4.54. The number of rotatable bonds is 3. The molecule has 0 aliphatic carbocycles. The van der Waals surface area contributed by atoms with Crippen molar-refractivity contribution in [2.45, 2.75) is 32.7 Å². The Morgan fingerprint density at radius 2 is 2.26 bits per heavy atom. The Balaban J connectivity index is 1.82. The topological polar surface area (TPSA) is 67.3 Å². The van der Waals surface area contributed by atoms with Crippen LogP contribution in [0.5, 0.6) is 0 Å². The summed E-state index contributed by atoms with van der Waals surface area (Å²) in [6.07, 6.45) is 3.30. The molecule has 1 saturated heterocycles. The zero-order valence-electron chi connectivity index (χ0n) is 11.4. The van der Waals surface area contributed by atoms with Crippen LogP contribution in [0.25, 0.3) is 0 Å². The first-order valence-electron chi connectivity index (χ1n) is 6.67. The number of aromatic nitrogens is 2. The Labute approximate surface area is 113 Å². The van der Waals surface area contributed by atoms with Crippen LogP contribution in [0, 0.1) is 6.92 Å². The van der Waals surface area contributed by atoms with E-state index in [-0.39, 0.29) is 6.09 Å². The lowest BCUT2D eigenvalue weighted by molar-refractivity contribution is 0.0983. The van der Waals surface area contributed by atoms with Gasteiger partial charge in [0.15, 0.2) is 0 Å². The van der Waals surface area contributed by atoms with Crippen molar-refractivity contribution in [3.8, 4) is 0 Å². The third-order valence-corrected chi connectivity index (χ3v) is 3.15. The highest BCUT2D eigenvalue weighted by atomic mass is 16.6. The number of hydrogen-bond donors (Lipinski definition) is 1. The number of aryl methyl sites for hydroxylation is 1. The zero-order valence-corrected chi connectivity index (χ0v) is 11.4. The van der Waals surface area contributed by atoms with Gasteiger partial charge in [0.25, 0.3) is 0 Å². The predicted octanol–water partition coefficient (Wildman–Crippen LogP) is 1.82. The molecule has 6 heteroatoms. The molecule has 19 heavy (non-hydrogen) atoms. The minimum Gasteiger partial charge on any atom is -0.450 e. The molecule has 0 saturated carbocycles. The summed E-state index contributed by atoms with van der Waals surface area (Å²) in [5, 5.41) is 3.31. The van der Waals surface area contributed by atoms with Gasteiger partial charge in [0, 0.05) is 31.0 Å². The minimum absolute atomic E-state index is 0.215. The van der Waals surface area contributed by atoms with Crippen molar-refractivity contribution in [2.24, 2.45) is 0 Å². The highest BCUT2D eigenvalue weighted by molar-refractivity contribution is 5.67. The summed E-state index contributed by atoms with van der Waals surface area (Å²) in [6.45, 7) is 5.61. The fourth-order valence-electron chi connectivity index (χ4n) is 2.12. The first kappa shape index (κ1) is 13.6. The maximum atomic E-state index is 11.6. The van der Waals surface area contributed by atoms with Gasteiger partial charge in [0.05, 0.1) is 6.61 Å². The molecule has 104 valence electrons. The number of likely N-dealkylation sites (tertiary alicyclic amines) is 1. The van der Waals surface area contributed by atoms with Crippen LogP contribution in [0.1, 0.15) is 25.5 Å². The van der Waals surface area contributed by atoms with Crippen LogP contribution in [0.3, 0.4) is 0 Å². The number of piperidine rings is 1. The smallest absolute Gasteiger partial charge is 0.409 e. The van der Waals surface area contributed by atoms with Crippen molar-refractivity contribution >= 4 is 12.0 Å². The molecule has 1 aromatic heterocycles. The summed E-state index contributed by atoms with van der Waals surface area (Å²) in [5.41, 5.74) is 0.946. The van der Waals surface area contributed by atoms with Crippen LogP contribution in [-0.4, -0.2) is 46.7 Å². The highest BCUT2D eigenvalue weighted by Gasteiger charge is 2.23. The highest BCUT2D eigenvalue weighted by Crippen LogP contribution is 2.15. The number of hydrogen-bond acceptors (Lipinski definition) is 5. The van der Waals surface area contributed by atoms with Crippen LogP contribution >= 0.6 is 0 Å². The van der Waals surface area contributed by atoms with Crippen LogP contribution in [0.4, 0.5) is 10.7 Å². The van der Waals surface area contributed by atoms with E-state index in [4.69, 9.17) is 4.74 Å². The molecule has 1 aromatic rings. The largest absolute Gasteiger partial charge is 0.450 e. The third kappa shape index (κ3) is 3.81. The summed E-state index contributed by atoms with van der Waals surface area (Å²) in [5.74, 6) is 0.662. The van der Waals surface area contributed by atoms with Crippen molar-refractivity contribution in [1.82, 2.24) is 14.9 Å². The average molecular weight is 264 g/mol. The van der Waals surface area contributed by atoms with Crippen molar-refractivity contribution in [3.63, 3.8) is 0 Å². The first-order chi connectivity index (χ1) is 9.19. The van der Waals surface area contributed by atoms with Gasteiger partial charge < -0.3 is 15.0 Å². The molecule has 2 heterocycles. The van der Waals surface area contributed by atoms with Crippen LogP contribution < -0.4 is 5.32 Å². The Hall–Kier alpha value is -1.85. The van der Waals surface area contributed by atoms with Gasteiger partial charge in [0.1, 0.15) is 0 Å². The Morgan fingerprint density at radius 1 is 1.53 bits per heavy atom. The summed E-state index contributed by atoms with van der Waals surface area (Å²) >= 11 is 0. The number of anilines is 1. The molecule has 1 aliphatic heterocycles. The second-order valence-electron chi connectivity index (χ2n) is 4.63. The number of carbonyl (C=O) groups excluding carboxylic acids is 1. The lowest BCUT2D eigenvalue weighted by atomic mass is 10.1. The Morgan fingerprint density at radius 3 is 2.89 bits per heavy atom. The van der Waals surface area contributed by atoms with E-state index in [0.717, 1.165) is 18.5 Å². The molecule has 0 bridgehead atoms. The molecule has 0 atom stereocenters. The molecule has 0 unspecified atom stereocenters. The number of carbonyl (C=O) groups is 1. The predicted molar refractivity (Wildman–Crippen MR) is 72.0 cm³/mol. The summed E-state index contributed by atoms with van der Waals surface area (Å²) in [4.78, 5) is 21.8. The monoisotopic (exact) mass is 264 g/mol. The zero-order chi connectivity index (χ0) is 13.7. The van der Waals surface area contributed by atoms with Gasteiger partial charge in [-0.3, -0.25) is 0 Å². The van der Waals surface area contributed by atoms with E-state index in [1.54, 1.807) is 11.1 Å². The van der Waals surface area contributed by atoms with Gasteiger partial charge in [-0.1, -0.05) is 0 Å². The number of nitrogens with zero attached hydrogens (tertiary/aromatic N) is 3. The molecule has 1 N–H and O–H groups in total. The second kappa shape index (κ2) is 6.36. The lowest BCUT2D eigenvalue weighted by Gasteiger charge is -2.31. The van der Waals surface area contributed by atoms with Crippen LogP contribution in [-0.2, 0) is 4.74 Å². The second-order valence-corrected chi connectivity index (χ2v) is 4.63. The van der Waals surface area contributed by atoms with Crippen LogP contribution in [0.2, 0.25) is 0 Å². The van der Waals surface area contributed by atoms with E-state index in [1.165, 1.54) is 0 Å². The minimum atomic E-state index is -0.215. The van der Waals surface area contributed by atoms with Gasteiger partial charge in [-0.2, -0.15) is 0 Å². The van der Waals surface area contributed by atoms with E-state index in [9.17, 15) is 4.79 Å². The van der Waals surface area contributed by atoms with Crippen LogP contribution in [0.15, 0.2) is 12.3 Å². The van der Waals surface area contributed by atoms with Crippen molar-refractivity contribution in [1.29, 1.82) is 0 Å². The van der Waals surface area contributed by atoms with E-state index in [2.05, 4.69) is 15.3 Å². The molecule has 6 nitrogen and oxygen atoms in total. The quantitative estimate of drug-likeness (QED) is 0.902. The average Bonchev–Trinajstić information content (AvgIpc) is 2.40. The normalized spacial score (nSPS) is 16.2. The van der Waals surface area contributed by atoms with Gasteiger partial charge >= 0.3 is 6.09 Å². The van der Waals surface area contributed by atoms with E-state index in [1.807, 2.05) is 19.9 Å². The fourth-order valence-corrected chi connectivity index (χ4v) is 2.12. The van der Waals surface area contributed by atoms with E-state index < -0.39 is 0 Å². The lowest BCUT2D eigenvalue weighted by Crippen LogP contribution is -2.42. The number of nitrogens with one attached hydrogen (secondary N) is 1. The van der Waals surface area contributed by atoms with Gasteiger partial charge in [-0.05, 0) is 32.8 Å². The number of amides is 1. The first-order valence-corrected chi connectivity index (χ1v) is 6.67. The molecule has 0 radical (unpaired) electrons. The summed E-state index contributed by atoms with van der Waals surface area (Å²) in [6, 6.07) is 2.18. The van der Waals surface area contributed by atoms with Gasteiger partial charge in [-0.25, -0.2) is 14.8 Å². The third-order valence-electron chi connectivity index (χ3n) is 3.15. The fraction of sp³-hybridized carbons (Fsp3) is 0.615. The van der Waals surface area contributed by atoms with Crippen molar-refractivity contribution < 1.29 is 9.53 Å². The molecule has 1 aliphatic rings. The molecule has 0 spiro atoms. The van der Waals surface area contributed by atoms with Gasteiger partial charge in [-0.15, -0.1) is 0 Å². The van der Waals surface area contributed by atoms with Gasteiger partial charge in [0.2, 0.25) is 5.95 Å². The molecule has 1 fully saturated rings. The molecule has 1 amide bonds. The number of ether oxygens (including phenoxy) is 1. The molecule has 0 aromatic carbocycles. The maximum Gasteiger partial charge on any atom is 0.409 e. The van der Waals surface area contributed by atoms with Crippen molar-refractivity contribution in [3.05, 3.63) is 18.0 Å². The van der Waals surface area contributed by atoms with E-state index >= 15 is 0 Å². The van der Waals surface area contributed by atoms with E-state index in [0.29, 0.717) is 31.7 Å². The molecular formula is C13H20N4O2. The standard InChI is InChI=1S/C13H20N4O2/c1-3-19-13(18)17-8-5-11(6-9-17)16-12-14-7-4-10(2)15-12/h4,7,11H,3,5-6,8-9H2,1-2H3,(H,14,15,16). The van der Waals surface area contributed by atoms with Crippen molar-refractivity contribution in [2.75, 3.05) is 25.0 Å². The molecule has 2 rings (SSSR count). The SMILES string of the molecule is CCOC(=O)N1CCC(Nc2nccc(C)n2)CC1. The molecular weight excluding hydrogens is 244 g/mol. The Bertz CT molecular complexity index is 430. The summed E-state index contributed by atoms with van der Waals surface area (Å²) in [7, 11) is 0.